The van der Waals surface area contributed by atoms with E-state index in [1.165, 1.54) is 0 Å². The summed E-state index contributed by atoms with van der Waals surface area (Å²) in [6, 6.07) is 9.04. The van der Waals surface area contributed by atoms with E-state index in [2.05, 4.69) is 5.32 Å². The lowest BCUT2D eigenvalue weighted by molar-refractivity contribution is -0.138. The maximum atomic E-state index is 11.9. The first kappa shape index (κ1) is 12.2. The van der Waals surface area contributed by atoms with Crippen molar-refractivity contribution in [3.05, 3.63) is 35.9 Å². The van der Waals surface area contributed by atoms with E-state index in [1.54, 1.807) is 12.1 Å². The number of hydrogen-bond donors (Lipinski definition) is 2. The summed E-state index contributed by atoms with van der Waals surface area (Å²) in [7, 11) is 0. The molecule has 2 atom stereocenters. The molecule has 2 aliphatic carbocycles. The van der Waals surface area contributed by atoms with Crippen LogP contribution in [0.3, 0.4) is 0 Å². The molecule has 0 bridgehead atoms. The summed E-state index contributed by atoms with van der Waals surface area (Å²) in [5.74, 6) is -1.40. The normalized spacial score (nSPS) is 23.7. The lowest BCUT2D eigenvalue weighted by Gasteiger charge is -2.13. The minimum atomic E-state index is -0.900. The first-order valence-corrected chi connectivity index (χ1v) is 6.68. The largest absolute Gasteiger partial charge is 0.481 e. The molecule has 3 rings (SSSR count). The van der Waals surface area contributed by atoms with E-state index in [1.807, 2.05) is 18.2 Å². The quantitative estimate of drug-likeness (QED) is 0.847. The topological polar surface area (TPSA) is 66.4 Å². The van der Waals surface area contributed by atoms with Gasteiger partial charge in [0.25, 0.3) is 0 Å². The molecule has 19 heavy (non-hydrogen) atoms. The predicted octanol–water partition coefficient (Wildman–Crippen LogP) is 1.77. The smallest absolute Gasteiger partial charge is 0.312 e. The Labute approximate surface area is 111 Å². The molecular formula is C15H17NO3. The van der Waals surface area contributed by atoms with Crippen molar-refractivity contribution >= 4 is 11.9 Å². The third-order valence-corrected chi connectivity index (χ3v) is 4.38. The van der Waals surface area contributed by atoms with Gasteiger partial charge in [-0.05, 0) is 30.2 Å². The Bertz CT molecular complexity index is 507. The van der Waals surface area contributed by atoms with Crippen LogP contribution >= 0.6 is 0 Å². The maximum absolute atomic E-state index is 11.9. The van der Waals surface area contributed by atoms with Crippen LogP contribution in [-0.2, 0) is 9.59 Å². The van der Waals surface area contributed by atoms with Gasteiger partial charge in [-0.25, -0.2) is 0 Å². The van der Waals surface area contributed by atoms with Crippen LogP contribution in [-0.4, -0.2) is 23.5 Å². The number of carboxylic acid groups (broad SMARTS) is 1. The second-order valence-electron chi connectivity index (χ2n) is 5.67. The van der Waals surface area contributed by atoms with E-state index in [4.69, 9.17) is 0 Å². The fourth-order valence-corrected chi connectivity index (χ4v) is 2.79. The van der Waals surface area contributed by atoms with Crippen molar-refractivity contribution < 1.29 is 14.7 Å². The van der Waals surface area contributed by atoms with Crippen molar-refractivity contribution in [3.8, 4) is 0 Å². The van der Waals surface area contributed by atoms with Gasteiger partial charge in [-0.1, -0.05) is 30.3 Å². The van der Waals surface area contributed by atoms with Gasteiger partial charge in [0.1, 0.15) is 0 Å². The molecule has 2 fully saturated rings. The number of aliphatic carboxylic acids is 1. The van der Waals surface area contributed by atoms with Gasteiger partial charge in [0.05, 0.1) is 5.92 Å². The van der Waals surface area contributed by atoms with Crippen LogP contribution in [0.1, 0.15) is 30.7 Å². The highest BCUT2D eigenvalue weighted by atomic mass is 16.4. The van der Waals surface area contributed by atoms with Gasteiger partial charge in [-0.15, -0.1) is 0 Å². The van der Waals surface area contributed by atoms with E-state index in [-0.39, 0.29) is 18.4 Å². The Kier molecular flexibility index (Phi) is 2.81. The Morgan fingerprint density at radius 1 is 1.32 bits per heavy atom. The number of rotatable bonds is 5. The van der Waals surface area contributed by atoms with E-state index in [9.17, 15) is 14.7 Å². The molecule has 2 aliphatic rings. The summed E-state index contributed by atoms with van der Waals surface area (Å²) < 4.78 is 0. The average Bonchev–Trinajstić information content (AvgIpc) is 3.31. The number of hydrogen-bond acceptors (Lipinski definition) is 2. The van der Waals surface area contributed by atoms with E-state index < -0.39 is 11.9 Å². The van der Waals surface area contributed by atoms with Crippen molar-refractivity contribution in [2.45, 2.75) is 25.2 Å². The maximum Gasteiger partial charge on any atom is 0.312 e. The Hall–Kier alpha value is -1.84. The third kappa shape index (κ3) is 2.35. The highest BCUT2D eigenvalue weighted by Gasteiger charge is 2.65. The molecule has 0 radical (unpaired) electrons. The first-order valence-electron chi connectivity index (χ1n) is 6.68. The minimum absolute atomic E-state index is 0.0275. The summed E-state index contributed by atoms with van der Waals surface area (Å²) in [4.78, 5) is 23.2. The SMILES string of the molecule is O=C(O)C(CNC(=O)C1CC12CC2)c1ccccc1. The summed E-state index contributed by atoms with van der Waals surface area (Å²) in [6.07, 6.45) is 3.31. The zero-order valence-electron chi connectivity index (χ0n) is 10.6. The molecule has 1 aromatic rings. The number of carbonyl (C=O) groups excluding carboxylic acids is 1. The number of carbonyl (C=O) groups is 2. The van der Waals surface area contributed by atoms with Gasteiger partial charge in [-0.2, -0.15) is 0 Å². The molecule has 1 amide bonds. The molecule has 2 unspecified atom stereocenters. The molecule has 2 saturated carbocycles. The molecule has 1 spiro atoms. The van der Waals surface area contributed by atoms with Crippen LogP contribution in [0, 0.1) is 11.3 Å². The second kappa shape index (κ2) is 4.37. The van der Waals surface area contributed by atoms with Gasteiger partial charge in [0.15, 0.2) is 0 Å². The molecule has 0 aromatic heterocycles. The monoisotopic (exact) mass is 259 g/mol. The van der Waals surface area contributed by atoms with Crippen molar-refractivity contribution in [2.75, 3.05) is 6.54 Å². The summed E-state index contributed by atoms with van der Waals surface area (Å²) in [5.41, 5.74) is 1.04. The van der Waals surface area contributed by atoms with Crippen LogP contribution in [0.25, 0.3) is 0 Å². The second-order valence-corrected chi connectivity index (χ2v) is 5.67. The van der Waals surface area contributed by atoms with Gasteiger partial charge in [0.2, 0.25) is 5.91 Å². The van der Waals surface area contributed by atoms with Crippen LogP contribution in [0.5, 0.6) is 0 Å². The number of carboxylic acids is 1. The van der Waals surface area contributed by atoms with Gasteiger partial charge in [0, 0.05) is 12.5 Å². The average molecular weight is 259 g/mol. The van der Waals surface area contributed by atoms with Gasteiger partial charge < -0.3 is 10.4 Å². The lowest BCUT2D eigenvalue weighted by atomic mass is 9.99. The first-order chi connectivity index (χ1) is 9.12. The number of nitrogens with one attached hydrogen (secondary N) is 1. The van der Waals surface area contributed by atoms with E-state index >= 15 is 0 Å². The summed E-state index contributed by atoms with van der Waals surface area (Å²) >= 11 is 0. The number of amides is 1. The molecule has 0 saturated heterocycles. The summed E-state index contributed by atoms with van der Waals surface area (Å²) in [5, 5.41) is 12.1. The van der Waals surface area contributed by atoms with Crippen molar-refractivity contribution in [1.82, 2.24) is 5.32 Å². The molecule has 1 aromatic carbocycles. The zero-order chi connectivity index (χ0) is 13.5. The Morgan fingerprint density at radius 3 is 2.53 bits per heavy atom. The third-order valence-electron chi connectivity index (χ3n) is 4.38. The zero-order valence-corrected chi connectivity index (χ0v) is 10.6. The van der Waals surface area contributed by atoms with Gasteiger partial charge >= 0.3 is 5.97 Å². The molecule has 2 N–H and O–H groups in total. The Balaban J connectivity index is 1.59. The number of benzene rings is 1. The van der Waals surface area contributed by atoms with Crippen LogP contribution in [0.15, 0.2) is 30.3 Å². The van der Waals surface area contributed by atoms with Crippen molar-refractivity contribution in [3.63, 3.8) is 0 Å². The van der Waals surface area contributed by atoms with Crippen LogP contribution < -0.4 is 5.32 Å². The van der Waals surface area contributed by atoms with E-state index in [0.717, 1.165) is 24.8 Å². The molecule has 100 valence electrons. The molecule has 4 nitrogen and oxygen atoms in total. The van der Waals surface area contributed by atoms with Crippen molar-refractivity contribution in [2.24, 2.45) is 11.3 Å². The highest BCUT2D eigenvalue weighted by molar-refractivity contribution is 5.84. The minimum Gasteiger partial charge on any atom is -0.481 e. The standard InChI is InChI=1S/C15H17NO3/c17-13(12-8-15(12)6-7-15)16-9-11(14(18)19)10-4-2-1-3-5-10/h1-5,11-12H,6-9H2,(H,16,17)(H,18,19). The fraction of sp³-hybridized carbons (Fsp3) is 0.467. The molecule has 4 heteroatoms. The van der Waals surface area contributed by atoms with Crippen molar-refractivity contribution in [1.29, 1.82) is 0 Å². The van der Waals surface area contributed by atoms with Gasteiger partial charge in [-0.3, -0.25) is 9.59 Å². The Morgan fingerprint density at radius 2 is 2.00 bits per heavy atom. The predicted molar refractivity (Wildman–Crippen MR) is 69.6 cm³/mol. The molecule has 0 heterocycles. The van der Waals surface area contributed by atoms with E-state index in [0.29, 0.717) is 5.41 Å². The van der Waals surface area contributed by atoms with Crippen LogP contribution in [0.2, 0.25) is 0 Å². The van der Waals surface area contributed by atoms with Crippen LogP contribution in [0.4, 0.5) is 0 Å². The fourth-order valence-electron chi connectivity index (χ4n) is 2.79. The summed E-state index contributed by atoms with van der Waals surface area (Å²) in [6.45, 7) is 0.171. The highest BCUT2D eigenvalue weighted by Crippen LogP contribution is 2.70. The molecule has 0 aliphatic heterocycles. The lowest BCUT2D eigenvalue weighted by Crippen LogP contribution is -2.33. The molecular weight excluding hydrogens is 242 g/mol.